The minimum Gasteiger partial charge on any atom is -0.393 e. The first-order valence-corrected chi connectivity index (χ1v) is 12.7. The van der Waals surface area contributed by atoms with Crippen molar-refractivity contribution in [3.63, 3.8) is 0 Å². The van der Waals surface area contributed by atoms with Crippen molar-refractivity contribution < 1.29 is 5.11 Å². The number of rotatable bonds is 5. The van der Waals surface area contributed by atoms with E-state index >= 15 is 0 Å². The second-order valence-corrected chi connectivity index (χ2v) is 12.1. The van der Waals surface area contributed by atoms with Gasteiger partial charge in [0, 0.05) is 0 Å². The van der Waals surface area contributed by atoms with E-state index in [1.54, 1.807) is 5.57 Å². The van der Waals surface area contributed by atoms with Gasteiger partial charge in [0.05, 0.1) is 6.10 Å². The van der Waals surface area contributed by atoms with Crippen molar-refractivity contribution in [1.29, 1.82) is 0 Å². The number of allylic oxidation sites excluding steroid dienone is 2. The molecule has 28 heavy (non-hydrogen) atoms. The summed E-state index contributed by atoms with van der Waals surface area (Å²) in [6.45, 7) is 12.3. The smallest absolute Gasteiger partial charge is 0.0602 e. The van der Waals surface area contributed by atoms with Crippen LogP contribution in [0.2, 0.25) is 0 Å². The molecule has 0 spiro atoms. The van der Waals surface area contributed by atoms with Gasteiger partial charge in [0.15, 0.2) is 0 Å². The van der Waals surface area contributed by atoms with E-state index in [-0.39, 0.29) is 11.5 Å². The molecule has 4 aliphatic rings. The summed E-state index contributed by atoms with van der Waals surface area (Å²) >= 11 is 0. The Hall–Kier alpha value is -0.300. The summed E-state index contributed by atoms with van der Waals surface area (Å²) < 4.78 is 0. The van der Waals surface area contributed by atoms with Crippen LogP contribution in [0.3, 0.4) is 0 Å². The molecule has 8 atom stereocenters. The van der Waals surface area contributed by atoms with Gasteiger partial charge in [0.2, 0.25) is 0 Å². The third-order valence-corrected chi connectivity index (χ3v) is 10.3. The number of hydrogen-bond donors (Lipinski definition) is 1. The topological polar surface area (TPSA) is 20.2 Å². The van der Waals surface area contributed by atoms with Crippen molar-refractivity contribution in [1.82, 2.24) is 0 Å². The zero-order valence-corrected chi connectivity index (χ0v) is 19.3. The van der Waals surface area contributed by atoms with Gasteiger partial charge in [-0.1, -0.05) is 72.0 Å². The van der Waals surface area contributed by atoms with Crippen molar-refractivity contribution in [2.75, 3.05) is 0 Å². The summed E-state index contributed by atoms with van der Waals surface area (Å²) in [6, 6.07) is 0. The average Bonchev–Trinajstić information content (AvgIpc) is 3.01. The Morgan fingerprint density at radius 2 is 1.86 bits per heavy atom. The maximum Gasteiger partial charge on any atom is 0.0602 e. The molecule has 4 aliphatic carbocycles. The molecule has 0 heterocycles. The van der Waals surface area contributed by atoms with Gasteiger partial charge in [-0.15, -0.1) is 0 Å². The standard InChI is InChI=1S/C27H46O/c1-18(2)9-8-10-19(3)22-14-15-23-21-13-12-20-11-6-7-16-26(20,4)24(21)17-25(28)27(22,23)5/h12,18-19,21-25,28H,6-11,13-17H2,1-5H3/t19-,21+,22-,23+,24+,25-,26+,27-/m1/s1. The van der Waals surface area contributed by atoms with E-state index in [2.05, 4.69) is 40.7 Å². The molecule has 1 heteroatoms. The van der Waals surface area contributed by atoms with Crippen molar-refractivity contribution in [2.45, 2.75) is 111 Å². The molecule has 1 N–H and O–H groups in total. The van der Waals surface area contributed by atoms with Gasteiger partial charge < -0.3 is 5.11 Å². The summed E-state index contributed by atoms with van der Waals surface area (Å²) in [4.78, 5) is 0. The maximum absolute atomic E-state index is 11.6. The van der Waals surface area contributed by atoms with Gasteiger partial charge >= 0.3 is 0 Å². The highest BCUT2D eigenvalue weighted by Crippen LogP contribution is 2.67. The Bertz CT molecular complexity index is 591. The largest absolute Gasteiger partial charge is 0.393 e. The van der Waals surface area contributed by atoms with Crippen LogP contribution < -0.4 is 0 Å². The molecular weight excluding hydrogens is 340 g/mol. The van der Waals surface area contributed by atoms with E-state index in [9.17, 15) is 5.11 Å². The van der Waals surface area contributed by atoms with Crippen molar-refractivity contribution in [2.24, 2.45) is 46.3 Å². The van der Waals surface area contributed by atoms with Gasteiger partial charge in [0.25, 0.3) is 0 Å². The van der Waals surface area contributed by atoms with E-state index in [0.29, 0.717) is 5.41 Å². The van der Waals surface area contributed by atoms with Gasteiger partial charge in [0.1, 0.15) is 0 Å². The Morgan fingerprint density at radius 1 is 1.07 bits per heavy atom. The lowest BCUT2D eigenvalue weighted by Gasteiger charge is -2.59. The fraction of sp³-hybridized carbons (Fsp3) is 0.926. The van der Waals surface area contributed by atoms with E-state index < -0.39 is 0 Å². The zero-order chi connectivity index (χ0) is 20.1. The molecule has 0 aromatic rings. The van der Waals surface area contributed by atoms with Gasteiger partial charge in [-0.3, -0.25) is 0 Å². The van der Waals surface area contributed by atoms with Crippen LogP contribution in [0.15, 0.2) is 11.6 Å². The molecule has 0 saturated heterocycles. The molecule has 1 nitrogen and oxygen atoms in total. The zero-order valence-electron chi connectivity index (χ0n) is 19.3. The van der Waals surface area contributed by atoms with Crippen molar-refractivity contribution in [3.8, 4) is 0 Å². The number of fused-ring (bicyclic) bond motifs is 5. The van der Waals surface area contributed by atoms with Crippen LogP contribution >= 0.6 is 0 Å². The Labute approximate surface area is 174 Å². The highest BCUT2D eigenvalue weighted by atomic mass is 16.3. The molecule has 0 amide bonds. The Balaban J connectivity index is 1.54. The van der Waals surface area contributed by atoms with Crippen LogP contribution in [-0.4, -0.2) is 11.2 Å². The van der Waals surface area contributed by atoms with Crippen molar-refractivity contribution in [3.05, 3.63) is 11.6 Å². The molecule has 3 fully saturated rings. The van der Waals surface area contributed by atoms with E-state index in [4.69, 9.17) is 0 Å². The number of aliphatic hydroxyl groups excluding tert-OH is 1. The third-order valence-electron chi connectivity index (χ3n) is 10.3. The molecule has 0 aromatic carbocycles. The second-order valence-electron chi connectivity index (χ2n) is 12.1. The fourth-order valence-corrected chi connectivity index (χ4v) is 8.67. The second kappa shape index (κ2) is 7.75. The predicted octanol–water partition coefficient (Wildman–Crippen LogP) is 7.39. The summed E-state index contributed by atoms with van der Waals surface area (Å²) in [7, 11) is 0. The van der Waals surface area contributed by atoms with Gasteiger partial charge in [-0.2, -0.15) is 0 Å². The molecule has 3 saturated carbocycles. The molecule has 0 unspecified atom stereocenters. The normalized spacial score (nSPS) is 46.5. The minimum absolute atomic E-state index is 0.0862. The van der Waals surface area contributed by atoms with E-state index in [1.807, 2.05) is 0 Å². The molecule has 0 aliphatic heterocycles. The average molecular weight is 387 g/mol. The highest BCUT2D eigenvalue weighted by molar-refractivity contribution is 5.25. The van der Waals surface area contributed by atoms with Crippen LogP contribution in [0, 0.1) is 46.3 Å². The first kappa shape index (κ1) is 21.0. The van der Waals surface area contributed by atoms with Crippen LogP contribution in [0.5, 0.6) is 0 Å². The van der Waals surface area contributed by atoms with Crippen LogP contribution in [0.25, 0.3) is 0 Å². The maximum atomic E-state index is 11.6. The predicted molar refractivity (Wildman–Crippen MR) is 119 cm³/mol. The molecule has 4 rings (SSSR count). The summed E-state index contributed by atoms with van der Waals surface area (Å²) in [6.07, 6.45) is 17.2. The monoisotopic (exact) mass is 386 g/mol. The van der Waals surface area contributed by atoms with E-state index in [1.165, 1.54) is 64.2 Å². The summed E-state index contributed by atoms with van der Waals surface area (Å²) in [5, 5.41) is 11.6. The van der Waals surface area contributed by atoms with Gasteiger partial charge in [-0.25, -0.2) is 0 Å². The van der Waals surface area contributed by atoms with Crippen molar-refractivity contribution >= 4 is 0 Å². The minimum atomic E-state index is -0.0862. The Kier molecular flexibility index (Phi) is 5.80. The van der Waals surface area contributed by atoms with Gasteiger partial charge in [-0.05, 0) is 91.3 Å². The van der Waals surface area contributed by atoms with Crippen LogP contribution in [0.4, 0.5) is 0 Å². The molecule has 160 valence electrons. The quantitative estimate of drug-likeness (QED) is 0.488. The SMILES string of the molecule is CC(C)CCC[C@@H](C)[C@H]1CC[C@H]2[C@@H]3CC=C4CCCC[C@]4(C)[C@H]3C[C@@H](O)[C@]12C. The van der Waals surface area contributed by atoms with Crippen LogP contribution in [0.1, 0.15) is 105 Å². The Morgan fingerprint density at radius 3 is 2.61 bits per heavy atom. The summed E-state index contributed by atoms with van der Waals surface area (Å²) in [5.74, 6) is 4.61. The first-order valence-electron chi connectivity index (χ1n) is 12.7. The van der Waals surface area contributed by atoms with Crippen LogP contribution in [-0.2, 0) is 0 Å². The molecule has 0 bridgehead atoms. The lowest BCUT2D eigenvalue weighted by molar-refractivity contribution is -0.134. The molecular formula is C27H46O. The number of hydrogen-bond acceptors (Lipinski definition) is 1. The fourth-order valence-electron chi connectivity index (χ4n) is 8.67. The van der Waals surface area contributed by atoms with E-state index in [0.717, 1.165) is 41.9 Å². The summed E-state index contributed by atoms with van der Waals surface area (Å²) in [5.41, 5.74) is 2.31. The first-order chi connectivity index (χ1) is 13.3. The molecule has 0 aromatic heterocycles. The lowest BCUT2D eigenvalue weighted by atomic mass is 9.46. The number of aliphatic hydroxyl groups is 1. The highest BCUT2D eigenvalue weighted by Gasteiger charge is 2.62. The third kappa shape index (κ3) is 3.23. The molecule has 0 radical (unpaired) electrons. The lowest BCUT2D eigenvalue weighted by Crippen LogP contribution is -2.56.